The van der Waals surface area contributed by atoms with Crippen LogP contribution in [-0.2, 0) is 0 Å². The minimum atomic E-state index is -0.153. The molecule has 4 heteroatoms. The number of halogens is 1. The molecule has 0 aliphatic heterocycles. The number of carbonyl (C=O) groups is 1. The summed E-state index contributed by atoms with van der Waals surface area (Å²) < 4.78 is 0. The smallest absolute Gasteiger partial charge is 0.255 e. The monoisotopic (exact) mass is 236 g/mol. The van der Waals surface area contributed by atoms with E-state index in [9.17, 15) is 4.79 Å². The zero-order valence-electron chi connectivity index (χ0n) is 9.33. The van der Waals surface area contributed by atoms with E-state index in [1.165, 1.54) is 4.90 Å². The fourth-order valence-electron chi connectivity index (χ4n) is 1.32. The molecule has 0 N–H and O–H groups in total. The van der Waals surface area contributed by atoms with Crippen LogP contribution in [0.3, 0.4) is 0 Å². The number of amides is 1. The van der Waals surface area contributed by atoms with Gasteiger partial charge >= 0.3 is 0 Å². The van der Waals surface area contributed by atoms with Gasteiger partial charge in [-0.05, 0) is 24.6 Å². The molecule has 0 unspecified atom stereocenters. The molecule has 0 radical (unpaired) electrons. The molecule has 0 heterocycles. The van der Waals surface area contributed by atoms with Crippen LogP contribution in [0.15, 0.2) is 18.2 Å². The predicted octanol–water partition coefficient (Wildman–Crippen LogP) is 2.63. The Morgan fingerprint density at radius 2 is 2.25 bits per heavy atom. The van der Waals surface area contributed by atoms with Crippen molar-refractivity contribution in [1.82, 2.24) is 4.90 Å². The Balaban J connectivity index is 2.84. The first-order valence-corrected chi connectivity index (χ1v) is 5.32. The fourth-order valence-corrected chi connectivity index (χ4v) is 1.63. The molecule has 0 atom stereocenters. The maximum absolute atomic E-state index is 11.9. The molecule has 3 nitrogen and oxygen atoms in total. The molecule has 16 heavy (non-hydrogen) atoms. The zero-order chi connectivity index (χ0) is 12.1. The van der Waals surface area contributed by atoms with Gasteiger partial charge in [0, 0.05) is 13.6 Å². The highest BCUT2D eigenvalue weighted by Crippen LogP contribution is 2.18. The van der Waals surface area contributed by atoms with Gasteiger partial charge < -0.3 is 4.90 Å². The standard InChI is InChI=1S/C12H13ClN2O/c1-9-4-5-10(11(13)8-9)12(16)15(2)7-3-6-14/h4-5,8H,3,7H2,1-2H3. The quantitative estimate of drug-likeness (QED) is 0.810. The van der Waals surface area contributed by atoms with Crippen molar-refractivity contribution in [1.29, 1.82) is 5.26 Å². The molecule has 0 saturated carbocycles. The number of rotatable bonds is 3. The number of carbonyl (C=O) groups excluding carboxylic acids is 1. The lowest BCUT2D eigenvalue weighted by molar-refractivity contribution is 0.0798. The number of aryl methyl sites for hydroxylation is 1. The summed E-state index contributed by atoms with van der Waals surface area (Å²) in [7, 11) is 1.66. The van der Waals surface area contributed by atoms with Gasteiger partial charge in [0.05, 0.1) is 23.1 Å². The molecular formula is C12H13ClN2O. The average Bonchev–Trinajstić information content (AvgIpc) is 2.25. The third-order valence-electron chi connectivity index (χ3n) is 2.26. The van der Waals surface area contributed by atoms with E-state index in [1.807, 2.05) is 19.1 Å². The molecule has 1 aromatic rings. The van der Waals surface area contributed by atoms with Crippen molar-refractivity contribution in [3.8, 4) is 6.07 Å². The van der Waals surface area contributed by atoms with Crippen LogP contribution in [0.5, 0.6) is 0 Å². The summed E-state index contributed by atoms with van der Waals surface area (Å²) in [6.07, 6.45) is 0.325. The van der Waals surface area contributed by atoms with E-state index >= 15 is 0 Å². The van der Waals surface area contributed by atoms with E-state index in [4.69, 9.17) is 16.9 Å². The topological polar surface area (TPSA) is 44.1 Å². The highest BCUT2D eigenvalue weighted by molar-refractivity contribution is 6.33. The van der Waals surface area contributed by atoms with E-state index in [0.717, 1.165) is 5.56 Å². The minimum Gasteiger partial charge on any atom is -0.341 e. The Kier molecular flexibility index (Phi) is 4.33. The highest BCUT2D eigenvalue weighted by atomic mass is 35.5. The van der Waals surface area contributed by atoms with Gasteiger partial charge in [-0.15, -0.1) is 0 Å². The largest absolute Gasteiger partial charge is 0.341 e. The van der Waals surface area contributed by atoms with Gasteiger partial charge in [0.25, 0.3) is 5.91 Å². The summed E-state index contributed by atoms with van der Waals surface area (Å²) in [5.41, 5.74) is 1.49. The molecule has 0 aliphatic rings. The van der Waals surface area contributed by atoms with Gasteiger partial charge in [-0.2, -0.15) is 5.26 Å². The molecule has 0 aliphatic carbocycles. The summed E-state index contributed by atoms with van der Waals surface area (Å²) in [6.45, 7) is 2.33. The maximum Gasteiger partial charge on any atom is 0.255 e. The maximum atomic E-state index is 11.9. The van der Waals surface area contributed by atoms with Crippen LogP contribution in [0.2, 0.25) is 5.02 Å². The van der Waals surface area contributed by atoms with E-state index in [-0.39, 0.29) is 5.91 Å². The van der Waals surface area contributed by atoms with Crippen LogP contribution in [0.1, 0.15) is 22.3 Å². The van der Waals surface area contributed by atoms with Crippen molar-refractivity contribution >= 4 is 17.5 Å². The van der Waals surface area contributed by atoms with E-state index in [2.05, 4.69) is 0 Å². The lowest BCUT2D eigenvalue weighted by Crippen LogP contribution is -2.27. The van der Waals surface area contributed by atoms with E-state index < -0.39 is 0 Å². The molecule has 0 spiro atoms. The minimum absolute atomic E-state index is 0.153. The normalized spacial score (nSPS) is 9.62. The van der Waals surface area contributed by atoms with Gasteiger partial charge in [0.2, 0.25) is 0 Å². The Hall–Kier alpha value is -1.53. The second-order valence-electron chi connectivity index (χ2n) is 3.62. The average molecular weight is 237 g/mol. The van der Waals surface area contributed by atoms with Crippen LogP contribution in [0, 0.1) is 18.3 Å². The molecule has 1 amide bonds. The Morgan fingerprint density at radius 3 is 2.81 bits per heavy atom. The van der Waals surface area contributed by atoms with Crippen LogP contribution >= 0.6 is 11.6 Å². The summed E-state index contributed by atoms with van der Waals surface area (Å²) in [6, 6.07) is 7.31. The summed E-state index contributed by atoms with van der Waals surface area (Å²) >= 11 is 5.99. The number of nitriles is 1. The van der Waals surface area contributed by atoms with Crippen LogP contribution in [-0.4, -0.2) is 24.4 Å². The first-order valence-electron chi connectivity index (χ1n) is 4.95. The van der Waals surface area contributed by atoms with E-state index in [0.29, 0.717) is 23.6 Å². The molecule has 0 saturated heterocycles. The molecule has 1 aromatic carbocycles. The molecule has 0 fully saturated rings. The molecule has 0 aromatic heterocycles. The lowest BCUT2D eigenvalue weighted by Gasteiger charge is -2.16. The molecule has 0 bridgehead atoms. The number of hydrogen-bond acceptors (Lipinski definition) is 2. The van der Waals surface area contributed by atoms with Crippen LogP contribution in [0.25, 0.3) is 0 Å². The molecule has 1 rings (SSSR count). The second kappa shape index (κ2) is 5.53. The van der Waals surface area contributed by atoms with Gasteiger partial charge in [-0.3, -0.25) is 4.79 Å². The van der Waals surface area contributed by atoms with Crippen molar-refractivity contribution in [3.63, 3.8) is 0 Å². The molecule has 84 valence electrons. The van der Waals surface area contributed by atoms with Crippen molar-refractivity contribution in [2.45, 2.75) is 13.3 Å². The number of hydrogen-bond donors (Lipinski definition) is 0. The van der Waals surface area contributed by atoms with Crippen molar-refractivity contribution in [2.75, 3.05) is 13.6 Å². The first kappa shape index (κ1) is 12.5. The van der Waals surface area contributed by atoms with Crippen molar-refractivity contribution in [2.24, 2.45) is 0 Å². The van der Waals surface area contributed by atoms with Crippen molar-refractivity contribution < 1.29 is 4.79 Å². The van der Waals surface area contributed by atoms with Gasteiger partial charge in [0.1, 0.15) is 0 Å². The fraction of sp³-hybridized carbons (Fsp3) is 0.333. The Labute approximate surface area is 100 Å². The zero-order valence-corrected chi connectivity index (χ0v) is 10.1. The SMILES string of the molecule is Cc1ccc(C(=O)N(C)CCC#N)c(Cl)c1. The highest BCUT2D eigenvalue weighted by Gasteiger charge is 2.14. The number of benzene rings is 1. The van der Waals surface area contributed by atoms with Gasteiger partial charge in [-0.1, -0.05) is 17.7 Å². The summed E-state index contributed by atoms with van der Waals surface area (Å²) in [4.78, 5) is 13.4. The Morgan fingerprint density at radius 1 is 1.56 bits per heavy atom. The lowest BCUT2D eigenvalue weighted by atomic mass is 10.1. The summed E-state index contributed by atoms with van der Waals surface area (Å²) in [5, 5.41) is 8.90. The third kappa shape index (κ3) is 2.98. The van der Waals surface area contributed by atoms with E-state index in [1.54, 1.807) is 19.2 Å². The second-order valence-corrected chi connectivity index (χ2v) is 4.03. The van der Waals surface area contributed by atoms with Crippen LogP contribution in [0.4, 0.5) is 0 Å². The van der Waals surface area contributed by atoms with Crippen molar-refractivity contribution in [3.05, 3.63) is 34.3 Å². The van der Waals surface area contributed by atoms with Gasteiger partial charge in [0.15, 0.2) is 0 Å². The molecular weight excluding hydrogens is 224 g/mol. The predicted molar refractivity (Wildman–Crippen MR) is 63.4 cm³/mol. The summed E-state index contributed by atoms with van der Waals surface area (Å²) in [5.74, 6) is -0.153. The van der Waals surface area contributed by atoms with Gasteiger partial charge in [-0.25, -0.2) is 0 Å². The third-order valence-corrected chi connectivity index (χ3v) is 2.57. The first-order chi connectivity index (χ1) is 7.56. The Bertz CT molecular complexity index is 437. The number of nitrogens with zero attached hydrogens (tertiary/aromatic N) is 2. The van der Waals surface area contributed by atoms with Crippen LogP contribution < -0.4 is 0 Å².